The molecule has 2 heterocycles. The van der Waals surface area contributed by atoms with Crippen molar-refractivity contribution in [2.24, 2.45) is 5.92 Å². The second-order valence-corrected chi connectivity index (χ2v) is 7.75. The van der Waals surface area contributed by atoms with Crippen molar-refractivity contribution in [3.63, 3.8) is 0 Å². The molecule has 0 saturated heterocycles. The lowest BCUT2D eigenvalue weighted by molar-refractivity contribution is 0.0788. The van der Waals surface area contributed by atoms with Gasteiger partial charge in [0, 0.05) is 17.0 Å². The molecule has 2 aromatic carbocycles. The first-order valence-corrected chi connectivity index (χ1v) is 9.49. The van der Waals surface area contributed by atoms with E-state index in [1.165, 1.54) is 0 Å². The quantitative estimate of drug-likeness (QED) is 0.472. The Morgan fingerprint density at radius 3 is 2.60 bits per heavy atom. The molecule has 4 aromatic rings. The Labute approximate surface area is 179 Å². The highest BCUT2D eigenvalue weighted by molar-refractivity contribution is 6.33. The first-order valence-electron chi connectivity index (χ1n) is 9.49. The normalized spacial score (nSPS) is 15.7. The molecule has 5 rings (SSSR count). The first kappa shape index (κ1) is 20.0. The number of rotatable bonds is 3. The van der Waals surface area contributed by atoms with Crippen LogP contribution in [0, 0.1) is 17.2 Å². The van der Waals surface area contributed by atoms with Gasteiger partial charge in [-0.2, -0.15) is 5.26 Å². The number of nitriles is 1. The molecule has 0 fully saturated rings. The maximum atomic E-state index is 13.6. The van der Waals surface area contributed by atoms with Crippen LogP contribution < -0.4 is 0 Å². The standard InChI is InChI=1S/C23H18N4O2.ClH/c1-26(2)8-7-16-22(28)17-11-25-12-27-18-9-13(10-24)14-5-3-4-6-15(14)19(18)20(21(17)27)23(16)29;/h3-6,9,11-12,16H,7-8H2,1-2H3;1H. The van der Waals surface area contributed by atoms with Gasteiger partial charge in [0.25, 0.3) is 0 Å². The van der Waals surface area contributed by atoms with Crippen molar-refractivity contribution in [3.05, 3.63) is 59.5 Å². The third-order valence-corrected chi connectivity index (χ3v) is 5.78. The lowest BCUT2D eigenvalue weighted by atomic mass is 9.81. The lowest BCUT2D eigenvalue weighted by Crippen LogP contribution is -2.32. The fourth-order valence-corrected chi connectivity index (χ4v) is 4.44. The highest BCUT2D eigenvalue weighted by Gasteiger charge is 2.39. The molecule has 30 heavy (non-hydrogen) atoms. The van der Waals surface area contributed by atoms with Gasteiger partial charge in [0.1, 0.15) is 0 Å². The monoisotopic (exact) mass is 418 g/mol. The molecule has 2 aromatic heterocycles. The Hall–Kier alpha value is -3.27. The largest absolute Gasteiger partial charge is 0.309 e. The van der Waals surface area contributed by atoms with Crippen LogP contribution in [0.1, 0.15) is 32.7 Å². The molecule has 0 radical (unpaired) electrons. The number of nitrogens with zero attached hydrogens (tertiary/aromatic N) is 4. The van der Waals surface area contributed by atoms with E-state index in [9.17, 15) is 14.9 Å². The zero-order valence-corrected chi connectivity index (χ0v) is 17.4. The number of hydrogen-bond acceptors (Lipinski definition) is 5. The SMILES string of the molecule is CN(C)CCC1C(=O)c2cncn3c2c(c2c4ccccc4c(C#N)cc23)C1=O.Cl. The van der Waals surface area contributed by atoms with E-state index < -0.39 is 5.92 Å². The zero-order valence-electron chi connectivity index (χ0n) is 16.5. The number of fused-ring (bicyclic) bond motifs is 5. The molecule has 1 aliphatic rings. The molecule has 0 aliphatic heterocycles. The Kier molecular flexibility index (Phi) is 4.81. The summed E-state index contributed by atoms with van der Waals surface area (Å²) in [5.41, 5.74) is 2.91. The first-order chi connectivity index (χ1) is 14.0. The van der Waals surface area contributed by atoms with E-state index in [-0.39, 0.29) is 24.0 Å². The molecule has 0 spiro atoms. The smallest absolute Gasteiger partial charge is 0.177 e. The average Bonchev–Trinajstić information content (AvgIpc) is 3.06. The van der Waals surface area contributed by atoms with Crippen molar-refractivity contribution in [2.75, 3.05) is 20.6 Å². The second kappa shape index (κ2) is 7.21. The van der Waals surface area contributed by atoms with Crippen LogP contribution in [0.3, 0.4) is 0 Å². The van der Waals surface area contributed by atoms with E-state index in [2.05, 4.69) is 11.1 Å². The van der Waals surface area contributed by atoms with Gasteiger partial charge in [-0.1, -0.05) is 24.3 Å². The van der Waals surface area contributed by atoms with Crippen LogP contribution in [0.2, 0.25) is 0 Å². The summed E-state index contributed by atoms with van der Waals surface area (Å²) in [6.45, 7) is 0.645. The summed E-state index contributed by atoms with van der Waals surface area (Å²) in [5, 5.41) is 12.1. The van der Waals surface area contributed by atoms with Crippen LogP contribution in [0.5, 0.6) is 0 Å². The summed E-state index contributed by atoms with van der Waals surface area (Å²) in [6.07, 6.45) is 3.63. The Balaban J connectivity index is 0.00000218. The van der Waals surface area contributed by atoms with Crippen LogP contribution >= 0.6 is 12.4 Å². The molecule has 0 bridgehead atoms. The average molecular weight is 419 g/mol. The predicted molar refractivity (Wildman–Crippen MR) is 117 cm³/mol. The van der Waals surface area contributed by atoms with Crippen molar-refractivity contribution in [1.82, 2.24) is 14.3 Å². The van der Waals surface area contributed by atoms with Gasteiger partial charge in [0.2, 0.25) is 0 Å². The summed E-state index contributed by atoms with van der Waals surface area (Å²) < 4.78 is 1.78. The maximum absolute atomic E-state index is 13.6. The maximum Gasteiger partial charge on any atom is 0.177 e. The van der Waals surface area contributed by atoms with Gasteiger partial charge in [-0.15, -0.1) is 12.4 Å². The Morgan fingerprint density at radius 2 is 1.90 bits per heavy atom. The summed E-state index contributed by atoms with van der Waals surface area (Å²) in [6, 6.07) is 11.7. The fraction of sp³-hybridized carbons (Fsp3) is 0.217. The molecular formula is C23H19ClN4O2. The molecular weight excluding hydrogens is 400 g/mol. The summed E-state index contributed by atoms with van der Waals surface area (Å²) in [7, 11) is 3.85. The van der Waals surface area contributed by atoms with E-state index >= 15 is 0 Å². The number of aromatic nitrogens is 2. The number of benzene rings is 2. The molecule has 1 atom stereocenters. The highest BCUT2D eigenvalue weighted by Crippen LogP contribution is 2.40. The summed E-state index contributed by atoms with van der Waals surface area (Å²) in [4.78, 5) is 32.9. The van der Waals surface area contributed by atoms with Crippen molar-refractivity contribution >= 4 is 51.2 Å². The van der Waals surface area contributed by atoms with E-state index in [4.69, 9.17) is 0 Å². The number of carbonyl (C=O) groups excluding carboxylic acids is 2. The molecule has 0 saturated carbocycles. The van der Waals surface area contributed by atoms with Gasteiger partial charge in [-0.05, 0) is 38.5 Å². The number of carbonyl (C=O) groups is 2. The van der Waals surface area contributed by atoms with E-state index in [0.717, 1.165) is 21.7 Å². The number of halogens is 1. The van der Waals surface area contributed by atoms with Gasteiger partial charge in [-0.25, -0.2) is 4.98 Å². The van der Waals surface area contributed by atoms with Gasteiger partial charge < -0.3 is 4.90 Å². The molecule has 6 nitrogen and oxygen atoms in total. The van der Waals surface area contributed by atoms with Crippen LogP contribution in [-0.2, 0) is 0 Å². The summed E-state index contributed by atoms with van der Waals surface area (Å²) in [5.74, 6) is -1.02. The Morgan fingerprint density at radius 1 is 1.17 bits per heavy atom. The van der Waals surface area contributed by atoms with Gasteiger partial charge >= 0.3 is 0 Å². The van der Waals surface area contributed by atoms with E-state index in [1.807, 2.05) is 43.3 Å². The number of Topliss-reactive ketones (excluding diaryl/α,β-unsaturated/α-hetero) is 2. The minimum Gasteiger partial charge on any atom is -0.309 e. The number of ketones is 2. The molecule has 150 valence electrons. The lowest BCUT2D eigenvalue weighted by Gasteiger charge is -2.22. The van der Waals surface area contributed by atoms with Gasteiger partial charge in [-0.3, -0.25) is 14.0 Å². The topological polar surface area (TPSA) is 78.5 Å². The molecule has 7 heteroatoms. The van der Waals surface area contributed by atoms with E-state index in [1.54, 1.807) is 23.0 Å². The molecule has 0 amide bonds. The molecule has 0 N–H and O–H groups in total. The van der Waals surface area contributed by atoms with Gasteiger partial charge in [0.15, 0.2) is 11.6 Å². The van der Waals surface area contributed by atoms with Gasteiger partial charge in [0.05, 0.1) is 46.0 Å². The van der Waals surface area contributed by atoms with Crippen molar-refractivity contribution in [3.8, 4) is 6.07 Å². The Bertz CT molecular complexity index is 1400. The summed E-state index contributed by atoms with van der Waals surface area (Å²) >= 11 is 0. The predicted octanol–water partition coefficient (Wildman–Crippen LogP) is 3.88. The van der Waals surface area contributed by atoms with Crippen molar-refractivity contribution < 1.29 is 9.59 Å². The van der Waals surface area contributed by atoms with Crippen molar-refractivity contribution in [2.45, 2.75) is 6.42 Å². The zero-order chi connectivity index (χ0) is 20.3. The van der Waals surface area contributed by atoms with Crippen molar-refractivity contribution in [1.29, 1.82) is 5.26 Å². The van der Waals surface area contributed by atoms with Crippen LogP contribution in [0.4, 0.5) is 0 Å². The second-order valence-electron chi connectivity index (χ2n) is 7.75. The minimum atomic E-state index is -0.710. The van der Waals surface area contributed by atoms with Crippen LogP contribution in [-0.4, -0.2) is 46.5 Å². The molecule has 1 aliphatic carbocycles. The molecule has 1 unspecified atom stereocenters. The van der Waals surface area contributed by atoms with E-state index in [0.29, 0.717) is 35.2 Å². The third-order valence-electron chi connectivity index (χ3n) is 5.78. The van der Waals surface area contributed by atoms with Crippen LogP contribution in [0.15, 0.2) is 42.9 Å². The number of hydrogen-bond donors (Lipinski definition) is 0. The minimum absolute atomic E-state index is 0. The highest BCUT2D eigenvalue weighted by atomic mass is 35.5. The third kappa shape index (κ3) is 2.63. The van der Waals surface area contributed by atoms with Crippen LogP contribution in [0.25, 0.3) is 27.2 Å². The fourth-order valence-electron chi connectivity index (χ4n) is 4.44.